The molecule has 1 rings (SSSR count). The lowest BCUT2D eigenvalue weighted by Gasteiger charge is -2.19. The van der Waals surface area contributed by atoms with Gasteiger partial charge in [0.15, 0.2) is 0 Å². The summed E-state index contributed by atoms with van der Waals surface area (Å²) < 4.78 is 24.5. The van der Waals surface area contributed by atoms with Crippen molar-refractivity contribution in [2.75, 3.05) is 26.3 Å². The van der Waals surface area contributed by atoms with E-state index in [1.165, 1.54) is 12.1 Å². The summed E-state index contributed by atoms with van der Waals surface area (Å²) in [7, 11) is 0. The summed E-state index contributed by atoms with van der Waals surface area (Å²) in [5.74, 6) is -0.235. The van der Waals surface area contributed by atoms with Crippen LogP contribution in [0.3, 0.4) is 0 Å². The molecule has 0 aliphatic carbocycles. The summed E-state index contributed by atoms with van der Waals surface area (Å²) in [5, 5.41) is 3.23. The first-order chi connectivity index (χ1) is 9.13. The SMILES string of the molecule is CCNCC(OCCOC(C)C)c1cccc(F)c1. The van der Waals surface area contributed by atoms with Crippen LogP contribution in [0, 0.1) is 5.82 Å². The van der Waals surface area contributed by atoms with Gasteiger partial charge in [-0.3, -0.25) is 0 Å². The lowest BCUT2D eigenvalue weighted by atomic mass is 10.1. The van der Waals surface area contributed by atoms with E-state index in [-0.39, 0.29) is 18.0 Å². The quantitative estimate of drug-likeness (QED) is 0.699. The number of benzene rings is 1. The minimum atomic E-state index is -0.235. The molecule has 1 N–H and O–H groups in total. The summed E-state index contributed by atoms with van der Waals surface area (Å²) in [6.07, 6.45) is 0.0522. The van der Waals surface area contributed by atoms with Gasteiger partial charge in [-0.1, -0.05) is 19.1 Å². The van der Waals surface area contributed by atoms with Crippen LogP contribution in [0.15, 0.2) is 24.3 Å². The van der Waals surface area contributed by atoms with E-state index in [0.29, 0.717) is 19.8 Å². The van der Waals surface area contributed by atoms with Crippen molar-refractivity contribution < 1.29 is 13.9 Å². The van der Waals surface area contributed by atoms with Crippen molar-refractivity contribution in [1.82, 2.24) is 5.32 Å². The molecule has 0 spiro atoms. The first-order valence-corrected chi connectivity index (χ1v) is 6.82. The molecule has 1 atom stereocenters. The highest BCUT2D eigenvalue weighted by Gasteiger charge is 2.12. The molecule has 0 aliphatic rings. The third kappa shape index (κ3) is 6.66. The number of ether oxygens (including phenoxy) is 2. The van der Waals surface area contributed by atoms with Crippen molar-refractivity contribution in [1.29, 1.82) is 0 Å². The number of hydrogen-bond acceptors (Lipinski definition) is 3. The third-order valence-corrected chi connectivity index (χ3v) is 2.65. The zero-order valence-corrected chi connectivity index (χ0v) is 12.0. The van der Waals surface area contributed by atoms with Crippen LogP contribution in [-0.2, 0) is 9.47 Å². The second-order valence-corrected chi connectivity index (χ2v) is 4.64. The predicted octanol–water partition coefficient (Wildman–Crippen LogP) is 2.92. The van der Waals surface area contributed by atoms with Crippen LogP contribution in [0.1, 0.15) is 32.4 Å². The molecule has 3 nitrogen and oxygen atoms in total. The molecule has 4 heteroatoms. The second-order valence-electron chi connectivity index (χ2n) is 4.64. The number of nitrogens with one attached hydrogen (secondary N) is 1. The van der Waals surface area contributed by atoms with Gasteiger partial charge in [-0.2, -0.15) is 0 Å². The van der Waals surface area contributed by atoms with Gasteiger partial charge in [0.2, 0.25) is 0 Å². The highest BCUT2D eigenvalue weighted by molar-refractivity contribution is 5.19. The molecule has 0 saturated heterocycles. The summed E-state index contributed by atoms with van der Waals surface area (Å²) in [6, 6.07) is 6.55. The van der Waals surface area contributed by atoms with Gasteiger partial charge in [-0.15, -0.1) is 0 Å². The molecule has 1 aromatic carbocycles. The zero-order chi connectivity index (χ0) is 14.1. The van der Waals surface area contributed by atoms with Gasteiger partial charge in [0, 0.05) is 6.54 Å². The number of likely N-dealkylation sites (N-methyl/N-ethyl adjacent to an activating group) is 1. The molecule has 1 aromatic rings. The van der Waals surface area contributed by atoms with E-state index in [4.69, 9.17) is 9.47 Å². The molecule has 0 heterocycles. The fourth-order valence-corrected chi connectivity index (χ4v) is 1.73. The lowest BCUT2D eigenvalue weighted by Crippen LogP contribution is -2.24. The van der Waals surface area contributed by atoms with Gasteiger partial charge in [0.05, 0.1) is 25.4 Å². The van der Waals surface area contributed by atoms with E-state index in [9.17, 15) is 4.39 Å². The summed E-state index contributed by atoms with van der Waals surface area (Å²) in [6.45, 7) is 8.59. The Kier molecular flexibility index (Phi) is 7.63. The zero-order valence-electron chi connectivity index (χ0n) is 12.0. The van der Waals surface area contributed by atoms with Crippen LogP contribution in [0.2, 0.25) is 0 Å². The Morgan fingerprint density at radius 2 is 1.95 bits per heavy atom. The number of hydrogen-bond donors (Lipinski definition) is 1. The molecular weight excluding hydrogens is 245 g/mol. The normalized spacial score (nSPS) is 12.9. The minimum Gasteiger partial charge on any atom is -0.376 e. The van der Waals surface area contributed by atoms with E-state index in [1.54, 1.807) is 6.07 Å². The summed E-state index contributed by atoms with van der Waals surface area (Å²) in [5.41, 5.74) is 0.852. The summed E-state index contributed by atoms with van der Waals surface area (Å²) >= 11 is 0. The monoisotopic (exact) mass is 269 g/mol. The molecule has 0 fully saturated rings. The summed E-state index contributed by atoms with van der Waals surface area (Å²) in [4.78, 5) is 0. The van der Waals surface area contributed by atoms with E-state index >= 15 is 0 Å². The largest absolute Gasteiger partial charge is 0.376 e. The van der Waals surface area contributed by atoms with Gasteiger partial charge in [0.1, 0.15) is 5.82 Å². The number of halogens is 1. The topological polar surface area (TPSA) is 30.5 Å². The maximum atomic E-state index is 13.2. The molecular formula is C15H24FNO2. The molecule has 0 radical (unpaired) electrons. The van der Waals surface area contributed by atoms with Gasteiger partial charge < -0.3 is 14.8 Å². The van der Waals surface area contributed by atoms with Gasteiger partial charge >= 0.3 is 0 Å². The molecule has 0 aliphatic heterocycles. The van der Waals surface area contributed by atoms with Crippen LogP contribution in [0.4, 0.5) is 4.39 Å². The Morgan fingerprint density at radius 3 is 2.58 bits per heavy atom. The Bertz CT molecular complexity index is 358. The fourth-order valence-electron chi connectivity index (χ4n) is 1.73. The molecule has 1 unspecified atom stereocenters. The Balaban J connectivity index is 2.51. The van der Waals surface area contributed by atoms with Crippen LogP contribution < -0.4 is 5.32 Å². The minimum absolute atomic E-state index is 0.147. The van der Waals surface area contributed by atoms with E-state index in [0.717, 1.165) is 12.1 Å². The smallest absolute Gasteiger partial charge is 0.123 e. The molecule has 0 bridgehead atoms. The highest BCUT2D eigenvalue weighted by atomic mass is 19.1. The van der Waals surface area contributed by atoms with Crippen molar-refractivity contribution in [3.05, 3.63) is 35.6 Å². The first-order valence-electron chi connectivity index (χ1n) is 6.82. The molecule has 0 aromatic heterocycles. The van der Waals surface area contributed by atoms with Crippen molar-refractivity contribution in [3.63, 3.8) is 0 Å². The van der Waals surface area contributed by atoms with Crippen molar-refractivity contribution in [2.24, 2.45) is 0 Å². The van der Waals surface area contributed by atoms with E-state index < -0.39 is 0 Å². The predicted molar refractivity (Wildman–Crippen MR) is 74.7 cm³/mol. The Hall–Kier alpha value is -0.970. The molecule has 0 saturated carbocycles. The average molecular weight is 269 g/mol. The second kappa shape index (κ2) is 9.02. The van der Waals surface area contributed by atoms with Crippen LogP contribution in [-0.4, -0.2) is 32.4 Å². The molecule has 108 valence electrons. The van der Waals surface area contributed by atoms with Crippen LogP contribution in [0.25, 0.3) is 0 Å². The third-order valence-electron chi connectivity index (χ3n) is 2.65. The number of rotatable bonds is 9. The maximum absolute atomic E-state index is 13.2. The average Bonchev–Trinajstić information content (AvgIpc) is 2.37. The van der Waals surface area contributed by atoms with E-state index in [1.807, 2.05) is 26.8 Å². The lowest BCUT2D eigenvalue weighted by molar-refractivity contribution is -0.0129. The highest BCUT2D eigenvalue weighted by Crippen LogP contribution is 2.17. The van der Waals surface area contributed by atoms with Crippen molar-refractivity contribution in [2.45, 2.75) is 33.0 Å². The van der Waals surface area contributed by atoms with Gasteiger partial charge in [-0.25, -0.2) is 4.39 Å². The van der Waals surface area contributed by atoms with Gasteiger partial charge in [0.25, 0.3) is 0 Å². The molecule has 0 amide bonds. The Morgan fingerprint density at radius 1 is 1.21 bits per heavy atom. The van der Waals surface area contributed by atoms with Crippen molar-refractivity contribution in [3.8, 4) is 0 Å². The fraction of sp³-hybridized carbons (Fsp3) is 0.600. The first kappa shape index (κ1) is 16.1. The standard InChI is InChI=1S/C15H24FNO2/c1-4-17-11-15(19-9-8-18-12(2)3)13-6-5-7-14(16)10-13/h5-7,10,12,15,17H,4,8-9,11H2,1-3H3. The van der Waals surface area contributed by atoms with Crippen LogP contribution in [0.5, 0.6) is 0 Å². The molecule has 19 heavy (non-hydrogen) atoms. The Labute approximate surface area is 115 Å². The van der Waals surface area contributed by atoms with E-state index in [2.05, 4.69) is 5.32 Å². The van der Waals surface area contributed by atoms with Gasteiger partial charge in [-0.05, 0) is 38.1 Å². The van der Waals surface area contributed by atoms with Crippen LogP contribution >= 0.6 is 0 Å². The van der Waals surface area contributed by atoms with Crippen molar-refractivity contribution >= 4 is 0 Å². The maximum Gasteiger partial charge on any atom is 0.123 e.